The van der Waals surface area contributed by atoms with Crippen molar-refractivity contribution in [2.45, 2.75) is 46.0 Å². The predicted molar refractivity (Wildman–Crippen MR) is 103 cm³/mol. The van der Waals surface area contributed by atoms with Crippen LogP contribution in [0.5, 0.6) is 0 Å². The first-order valence-electron chi connectivity index (χ1n) is 9.24. The van der Waals surface area contributed by atoms with E-state index in [1.165, 1.54) is 4.90 Å². The van der Waals surface area contributed by atoms with Gasteiger partial charge in [0.05, 0.1) is 16.9 Å². The summed E-state index contributed by atoms with van der Waals surface area (Å²) in [6, 6.07) is 5.21. The number of halogens is 1. The fourth-order valence-corrected chi connectivity index (χ4v) is 4.23. The van der Waals surface area contributed by atoms with Crippen LogP contribution in [-0.2, 0) is 19.3 Å². The van der Waals surface area contributed by atoms with Gasteiger partial charge in [-0.1, -0.05) is 31.5 Å². The first kappa shape index (κ1) is 17.9. The smallest absolute Gasteiger partial charge is 0.284 e. The molecule has 27 heavy (non-hydrogen) atoms. The van der Waals surface area contributed by atoms with Crippen molar-refractivity contribution in [3.63, 3.8) is 0 Å². The Bertz CT molecular complexity index is 1010. The SMILES string of the molecule is CCc1ccc(Cl)c(CC)c1N1C(=O)c2cc3c(nc2C1=O)CCCC3=O. The quantitative estimate of drug-likeness (QED) is 0.747. The largest absolute Gasteiger partial charge is 0.294 e. The predicted octanol–water partition coefficient (Wildman–Crippen LogP) is 4.18. The maximum absolute atomic E-state index is 13.2. The molecule has 0 radical (unpaired) electrons. The number of pyridine rings is 1. The zero-order chi connectivity index (χ0) is 19.3. The molecule has 0 spiro atoms. The molecule has 0 saturated heterocycles. The average Bonchev–Trinajstić information content (AvgIpc) is 2.90. The van der Waals surface area contributed by atoms with Crippen LogP contribution in [0.2, 0.25) is 5.02 Å². The van der Waals surface area contributed by atoms with Gasteiger partial charge in [0.2, 0.25) is 0 Å². The van der Waals surface area contributed by atoms with Crippen LogP contribution in [-0.4, -0.2) is 22.6 Å². The first-order valence-corrected chi connectivity index (χ1v) is 9.61. The van der Waals surface area contributed by atoms with E-state index in [-0.39, 0.29) is 17.0 Å². The van der Waals surface area contributed by atoms with Crippen molar-refractivity contribution in [3.05, 3.63) is 56.9 Å². The van der Waals surface area contributed by atoms with Gasteiger partial charge >= 0.3 is 0 Å². The Morgan fingerprint density at radius 1 is 1.04 bits per heavy atom. The summed E-state index contributed by atoms with van der Waals surface area (Å²) in [6.45, 7) is 3.91. The number of hydrogen-bond acceptors (Lipinski definition) is 4. The molecule has 6 heteroatoms. The second-order valence-corrected chi connectivity index (χ2v) is 7.25. The Morgan fingerprint density at radius 3 is 2.52 bits per heavy atom. The summed E-state index contributed by atoms with van der Waals surface area (Å²) in [5, 5.41) is 0.531. The fourth-order valence-electron chi connectivity index (χ4n) is 3.94. The minimum absolute atomic E-state index is 0.0171. The second-order valence-electron chi connectivity index (χ2n) is 6.84. The number of carbonyl (C=O) groups excluding carboxylic acids is 3. The van der Waals surface area contributed by atoms with Crippen molar-refractivity contribution in [2.75, 3.05) is 4.90 Å². The average molecular weight is 383 g/mol. The number of amides is 2. The van der Waals surface area contributed by atoms with Gasteiger partial charge in [-0.05, 0) is 48.9 Å². The molecule has 4 rings (SSSR count). The van der Waals surface area contributed by atoms with Crippen LogP contribution in [0.4, 0.5) is 5.69 Å². The van der Waals surface area contributed by atoms with Crippen LogP contribution in [0, 0.1) is 0 Å². The van der Waals surface area contributed by atoms with Crippen molar-refractivity contribution in [3.8, 4) is 0 Å². The van der Waals surface area contributed by atoms with Crippen molar-refractivity contribution < 1.29 is 14.4 Å². The number of rotatable bonds is 3. The summed E-state index contributed by atoms with van der Waals surface area (Å²) >= 11 is 6.36. The third-order valence-corrected chi connectivity index (χ3v) is 5.68. The molecule has 0 fully saturated rings. The third kappa shape index (κ3) is 2.60. The highest BCUT2D eigenvalue weighted by Gasteiger charge is 2.41. The molecular formula is C21H19ClN2O3. The standard InChI is InChI=1S/C21H19ClN2O3/c1-3-11-8-9-15(22)12(4-2)19(11)24-20(26)14-10-13-16(6-5-7-17(13)25)23-18(14)21(24)27/h8-10H,3-7H2,1-2H3. The lowest BCUT2D eigenvalue weighted by Crippen LogP contribution is -2.31. The van der Waals surface area contributed by atoms with E-state index in [1.807, 2.05) is 19.9 Å². The fraction of sp³-hybridized carbons (Fsp3) is 0.333. The number of benzene rings is 1. The number of ketones is 1. The van der Waals surface area contributed by atoms with Crippen LogP contribution >= 0.6 is 11.6 Å². The van der Waals surface area contributed by atoms with Crippen molar-refractivity contribution in [1.29, 1.82) is 0 Å². The first-order chi connectivity index (χ1) is 13.0. The van der Waals surface area contributed by atoms with Gasteiger partial charge in [0.1, 0.15) is 5.69 Å². The van der Waals surface area contributed by atoms with Crippen LogP contribution in [0.25, 0.3) is 0 Å². The van der Waals surface area contributed by atoms with Crippen LogP contribution < -0.4 is 4.90 Å². The maximum atomic E-state index is 13.2. The highest BCUT2D eigenvalue weighted by atomic mass is 35.5. The van der Waals surface area contributed by atoms with Gasteiger partial charge in [0.15, 0.2) is 5.78 Å². The number of aryl methyl sites for hydroxylation is 2. The summed E-state index contributed by atoms with van der Waals surface area (Å²) in [5.41, 5.74) is 3.64. The number of Topliss-reactive ketones (excluding diaryl/α,β-unsaturated/α-hetero) is 1. The highest BCUT2D eigenvalue weighted by Crippen LogP contribution is 2.38. The Kier molecular flexibility index (Phi) is 4.35. The third-order valence-electron chi connectivity index (χ3n) is 5.33. The number of carbonyl (C=O) groups is 3. The number of aromatic nitrogens is 1. The number of nitrogens with zero attached hydrogens (tertiary/aromatic N) is 2. The highest BCUT2D eigenvalue weighted by molar-refractivity contribution is 6.36. The molecule has 0 bridgehead atoms. The lowest BCUT2D eigenvalue weighted by molar-refractivity contribution is 0.0922. The van der Waals surface area contributed by atoms with E-state index < -0.39 is 11.8 Å². The van der Waals surface area contributed by atoms with Crippen molar-refractivity contribution in [1.82, 2.24) is 4.98 Å². The van der Waals surface area contributed by atoms with E-state index in [0.29, 0.717) is 47.7 Å². The Hall–Kier alpha value is -2.53. The summed E-state index contributed by atoms with van der Waals surface area (Å²) in [4.78, 5) is 44.1. The zero-order valence-electron chi connectivity index (χ0n) is 15.3. The molecule has 1 aromatic carbocycles. The molecule has 2 aliphatic rings. The van der Waals surface area contributed by atoms with Crippen molar-refractivity contribution in [2.24, 2.45) is 0 Å². The van der Waals surface area contributed by atoms with E-state index in [1.54, 1.807) is 12.1 Å². The van der Waals surface area contributed by atoms with Gasteiger partial charge in [0, 0.05) is 17.0 Å². The molecule has 1 aliphatic heterocycles. The zero-order valence-corrected chi connectivity index (χ0v) is 16.0. The normalized spacial score (nSPS) is 16.0. The van der Waals surface area contributed by atoms with Crippen LogP contribution in [0.15, 0.2) is 18.2 Å². The summed E-state index contributed by atoms with van der Waals surface area (Å²) in [5.74, 6) is -0.894. The molecule has 0 unspecified atom stereocenters. The molecule has 0 N–H and O–H groups in total. The van der Waals surface area contributed by atoms with Crippen LogP contribution in [0.1, 0.15) is 74.7 Å². The molecule has 1 aromatic heterocycles. The molecule has 0 saturated carbocycles. The molecule has 5 nitrogen and oxygen atoms in total. The summed E-state index contributed by atoms with van der Waals surface area (Å²) < 4.78 is 0. The molecule has 2 amide bonds. The number of anilines is 1. The van der Waals surface area contributed by atoms with Crippen molar-refractivity contribution >= 4 is 34.9 Å². The Morgan fingerprint density at radius 2 is 1.81 bits per heavy atom. The van der Waals surface area contributed by atoms with E-state index in [9.17, 15) is 14.4 Å². The Labute approximate surface area is 162 Å². The van der Waals surface area contributed by atoms with E-state index in [0.717, 1.165) is 17.5 Å². The van der Waals surface area contributed by atoms with Gasteiger partial charge in [-0.15, -0.1) is 0 Å². The molecule has 2 aromatic rings. The van der Waals surface area contributed by atoms with Crippen LogP contribution in [0.3, 0.4) is 0 Å². The molecule has 1 aliphatic carbocycles. The van der Waals surface area contributed by atoms with Gasteiger partial charge in [-0.25, -0.2) is 9.88 Å². The molecule has 0 atom stereocenters. The monoisotopic (exact) mass is 382 g/mol. The van der Waals surface area contributed by atoms with Gasteiger partial charge < -0.3 is 0 Å². The maximum Gasteiger partial charge on any atom is 0.284 e. The second kappa shape index (κ2) is 6.57. The number of hydrogen-bond donors (Lipinski definition) is 0. The van der Waals surface area contributed by atoms with Gasteiger partial charge in [-0.3, -0.25) is 14.4 Å². The summed E-state index contributed by atoms with van der Waals surface area (Å²) in [6.07, 6.45) is 3.08. The molecule has 2 heterocycles. The lowest BCUT2D eigenvalue weighted by atomic mass is 9.93. The molecular weight excluding hydrogens is 364 g/mol. The lowest BCUT2D eigenvalue weighted by Gasteiger charge is -2.22. The number of fused-ring (bicyclic) bond motifs is 2. The van der Waals surface area contributed by atoms with Gasteiger partial charge in [0.25, 0.3) is 11.8 Å². The Balaban J connectivity index is 1.91. The molecule has 138 valence electrons. The minimum atomic E-state index is -0.442. The van der Waals surface area contributed by atoms with Gasteiger partial charge in [-0.2, -0.15) is 0 Å². The van der Waals surface area contributed by atoms with E-state index in [4.69, 9.17) is 11.6 Å². The van der Waals surface area contributed by atoms with E-state index >= 15 is 0 Å². The summed E-state index contributed by atoms with van der Waals surface area (Å²) in [7, 11) is 0. The van der Waals surface area contributed by atoms with E-state index in [2.05, 4.69) is 4.98 Å². The number of imide groups is 1. The topological polar surface area (TPSA) is 67.3 Å². The minimum Gasteiger partial charge on any atom is -0.294 e.